The van der Waals surface area contributed by atoms with Crippen LogP contribution < -0.4 is 4.80 Å². The number of unbranched alkanes of at least 4 members (excludes halogenated alkanes) is 1. The van der Waals surface area contributed by atoms with Gasteiger partial charge in [0.15, 0.2) is 4.80 Å². The summed E-state index contributed by atoms with van der Waals surface area (Å²) in [5.74, 6) is -0.943. The number of hydrogen-bond donors (Lipinski definition) is 0. The number of rotatable bonds is 8. The number of aromatic nitrogens is 1. The van der Waals surface area contributed by atoms with Gasteiger partial charge in [0.25, 0.3) is 5.91 Å². The summed E-state index contributed by atoms with van der Waals surface area (Å²) in [6, 6.07) is 12.0. The Labute approximate surface area is 221 Å². The zero-order valence-corrected chi connectivity index (χ0v) is 22.9. The van der Waals surface area contributed by atoms with Crippen molar-refractivity contribution in [2.75, 3.05) is 20.2 Å². The molecule has 3 aromatic rings. The number of benzene rings is 2. The highest BCUT2D eigenvalue weighted by molar-refractivity contribution is 7.89. The van der Waals surface area contributed by atoms with E-state index >= 15 is 0 Å². The first kappa shape index (κ1) is 27.2. The number of hydrogen-bond acceptors (Lipinski definition) is 6. The van der Waals surface area contributed by atoms with E-state index in [1.165, 1.54) is 52.6 Å². The maximum atomic E-state index is 13.1. The molecule has 2 aromatic carbocycles. The second-order valence-electron chi connectivity index (χ2n) is 9.21. The Bertz CT molecular complexity index is 1430. The van der Waals surface area contributed by atoms with Crippen LogP contribution in [0.2, 0.25) is 0 Å². The number of nitrogens with zero attached hydrogens (tertiary/aromatic N) is 3. The van der Waals surface area contributed by atoms with Crippen molar-refractivity contribution in [1.82, 2.24) is 8.87 Å². The largest absolute Gasteiger partial charge is 0.468 e. The minimum atomic E-state index is -3.60. The smallest absolute Gasteiger partial charge is 0.325 e. The van der Waals surface area contributed by atoms with Crippen LogP contribution in [0.15, 0.2) is 52.4 Å². The third-order valence-corrected chi connectivity index (χ3v) is 9.54. The summed E-state index contributed by atoms with van der Waals surface area (Å²) < 4.78 is 35.1. The first-order valence-corrected chi connectivity index (χ1v) is 15.0. The van der Waals surface area contributed by atoms with Crippen LogP contribution in [0.5, 0.6) is 0 Å². The topological polar surface area (TPSA) is 98.0 Å². The Hall–Kier alpha value is -2.82. The number of aryl methyl sites for hydroxylation is 1. The van der Waals surface area contributed by atoms with Crippen molar-refractivity contribution >= 4 is 43.5 Å². The summed E-state index contributed by atoms with van der Waals surface area (Å²) in [4.78, 5) is 30.0. The molecule has 0 N–H and O–H groups in total. The van der Waals surface area contributed by atoms with Gasteiger partial charge in [0.2, 0.25) is 10.0 Å². The van der Waals surface area contributed by atoms with E-state index in [2.05, 4.69) is 18.0 Å². The first-order valence-electron chi connectivity index (χ1n) is 12.7. The zero-order valence-electron chi connectivity index (χ0n) is 21.3. The van der Waals surface area contributed by atoms with E-state index in [1.54, 1.807) is 4.57 Å². The zero-order chi connectivity index (χ0) is 26.4. The fraction of sp³-hybridized carbons (Fsp3) is 0.444. The second kappa shape index (κ2) is 12.1. The van der Waals surface area contributed by atoms with E-state index in [4.69, 9.17) is 4.74 Å². The molecule has 1 amide bonds. The maximum Gasteiger partial charge on any atom is 0.325 e. The van der Waals surface area contributed by atoms with E-state index in [0.717, 1.165) is 55.2 Å². The molecular weight excluding hydrogens is 510 g/mol. The molecule has 0 unspecified atom stereocenters. The molecular formula is C27H33N3O5S2. The average molecular weight is 544 g/mol. The lowest BCUT2D eigenvalue weighted by molar-refractivity contribution is -0.141. The summed E-state index contributed by atoms with van der Waals surface area (Å²) in [6.07, 6.45) is 6.92. The standard InChI is InChI=1S/C27H33N3O5S2/c1-3-4-9-20-10-15-23-24(18-20)36-27(30(23)19-25(31)35-2)28-26(32)21-11-13-22(14-12-21)37(33,34)29-16-7-5-6-8-17-29/h10-15,18H,3-9,16-17,19H2,1-2H3. The molecule has 1 aliphatic rings. The molecule has 1 aromatic heterocycles. The first-order chi connectivity index (χ1) is 17.8. The van der Waals surface area contributed by atoms with E-state index in [-0.39, 0.29) is 17.0 Å². The Morgan fingerprint density at radius 2 is 1.73 bits per heavy atom. The predicted molar refractivity (Wildman–Crippen MR) is 144 cm³/mol. The molecule has 8 nitrogen and oxygen atoms in total. The Morgan fingerprint density at radius 3 is 2.38 bits per heavy atom. The fourth-order valence-corrected chi connectivity index (χ4v) is 7.05. The average Bonchev–Trinajstić information content (AvgIpc) is 3.06. The van der Waals surface area contributed by atoms with Crippen LogP contribution in [0, 0.1) is 0 Å². The van der Waals surface area contributed by atoms with Crippen molar-refractivity contribution in [3.05, 3.63) is 58.4 Å². The van der Waals surface area contributed by atoms with Crippen LogP contribution >= 0.6 is 11.3 Å². The van der Waals surface area contributed by atoms with Gasteiger partial charge in [-0.15, -0.1) is 0 Å². The number of fused-ring (bicyclic) bond motifs is 1. The van der Waals surface area contributed by atoms with Gasteiger partial charge >= 0.3 is 5.97 Å². The summed E-state index contributed by atoms with van der Waals surface area (Å²) >= 11 is 1.34. The molecule has 0 aliphatic carbocycles. The fourth-order valence-electron chi connectivity index (χ4n) is 4.44. The molecule has 0 saturated carbocycles. The number of carbonyl (C=O) groups excluding carboxylic acids is 2. The van der Waals surface area contributed by atoms with Gasteiger partial charge in [-0.25, -0.2) is 8.42 Å². The van der Waals surface area contributed by atoms with Gasteiger partial charge in [0.05, 0.1) is 22.2 Å². The molecule has 10 heteroatoms. The third kappa shape index (κ3) is 6.37. The number of carbonyl (C=O) groups is 2. The van der Waals surface area contributed by atoms with E-state index in [0.29, 0.717) is 17.9 Å². The highest BCUT2D eigenvalue weighted by atomic mass is 32.2. The highest BCUT2D eigenvalue weighted by Crippen LogP contribution is 2.22. The minimum Gasteiger partial charge on any atom is -0.468 e. The second-order valence-corrected chi connectivity index (χ2v) is 12.2. The summed E-state index contributed by atoms with van der Waals surface area (Å²) in [5.41, 5.74) is 2.28. The summed E-state index contributed by atoms with van der Waals surface area (Å²) in [6.45, 7) is 3.12. The van der Waals surface area contributed by atoms with Crippen LogP contribution in [-0.2, 0) is 32.5 Å². The number of esters is 1. The predicted octanol–water partition coefficient (Wildman–Crippen LogP) is 4.52. The molecule has 1 saturated heterocycles. The lowest BCUT2D eigenvalue weighted by Crippen LogP contribution is -2.31. The van der Waals surface area contributed by atoms with Gasteiger partial charge in [-0.05, 0) is 67.6 Å². The van der Waals surface area contributed by atoms with Crippen molar-refractivity contribution in [1.29, 1.82) is 0 Å². The Balaban J connectivity index is 1.65. The van der Waals surface area contributed by atoms with Gasteiger partial charge in [-0.3, -0.25) is 9.59 Å². The van der Waals surface area contributed by atoms with Crippen LogP contribution in [0.3, 0.4) is 0 Å². The van der Waals surface area contributed by atoms with Crippen LogP contribution in [0.1, 0.15) is 61.4 Å². The molecule has 37 heavy (non-hydrogen) atoms. The molecule has 198 valence electrons. The number of thiazole rings is 1. The molecule has 1 aliphatic heterocycles. The van der Waals surface area contributed by atoms with Crippen molar-refractivity contribution in [2.45, 2.75) is 63.3 Å². The third-order valence-electron chi connectivity index (χ3n) is 6.58. The van der Waals surface area contributed by atoms with Crippen LogP contribution in [0.25, 0.3) is 10.2 Å². The number of ether oxygens (including phenoxy) is 1. The molecule has 2 heterocycles. The van der Waals surface area contributed by atoms with E-state index in [1.807, 2.05) is 12.1 Å². The molecule has 1 fully saturated rings. The quantitative estimate of drug-likeness (QED) is 0.389. The molecule has 0 bridgehead atoms. The van der Waals surface area contributed by atoms with Crippen molar-refractivity contribution in [3.63, 3.8) is 0 Å². The van der Waals surface area contributed by atoms with Gasteiger partial charge in [-0.2, -0.15) is 9.30 Å². The van der Waals surface area contributed by atoms with Crippen molar-refractivity contribution in [3.8, 4) is 0 Å². The van der Waals surface area contributed by atoms with E-state index < -0.39 is 21.9 Å². The van der Waals surface area contributed by atoms with Crippen molar-refractivity contribution < 1.29 is 22.7 Å². The Morgan fingerprint density at radius 1 is 1.03 bits per heavy atom. The monoisotopic (exact) mass is 543 g/mol. The normalized spacial score (nSPS) is 15.6. The van der Waals surface area contributed by atoms with Crippen LogP contribution in [0.4, 0.5) is 0 Å². The van der Waals surface area contributed by atoms with Gasteiger partial charge in [0.1, 0.15) is 6.54 Å². The minimum absolute atomic E-state index is 0.0655. The van der Waals surface area contributed by atoms with Gasteiger partial charge in [0, 0.05) is 18.7 Å². The highest BCUT2D eigenvalue weighted by Gasteiger charge is 2.25. The van der Waals surface area contributed by atoms with E-state index in [9.17, 15) is 18.0 Å². The lowest BCUT2D eigenvalue weighted by Gasteiger charge is -2.19. The van der Waals surface area contributed by atoms with Gasteiger partial charge < -0.3 is 9.30 Å². The molecule has 0 spiro atoms. The summed E-state index contributed by atoms with van der Waals surface area (Å²) in [5, 5.41) is 0. The number of sulfonamides is 1. The van der Waals surface area contributed by atoms with Crippen molar-refractivity contribution in [2.24, 2.45) is 4.99 Å². The number of methoxy groups -OCH3 is 1. The Kier molecular flexibility index (Phi) is 8.94. The van der Waals surface area contributed by atoms with Crippen LogP contribution in [-0.4, -0.2) is 49.4 Å². The molecule has 0 atom stereocenters. The maximum absolute atomic E-state index is 13.1. The summed E-state index contributed by atoms with van der Waals surface area (Å²) in [7, 11) is -2.28. The molecule has 0 radical (unpaired) electrons. The lowest BCUT2D eigenvalue weighted by atomic mass is 10.1. The van der Waals surface area contributed by atoms with Gasteiger partial charge in [-0.1, -0.05) is 43.6 Å². The number of amides is 1. The molecule has 4 rings (SSSR count). The SMILES string of the molecule is CCCCc1ccc2c(c1)sc(=NC(=O)c1ccc(S(=O)(=O)N3CCCCCC3)cc1)n2CC(=O)OC.